The van der Waals surface area contributed by atoms with Gasteiger partial charge in [-0.25, -0.2) is 9.97 Å². The summed E-state index contributed by atoms with van der Waals surface area (Å²) in [6.45, 7) is 5.07. The van der Waals surface area contributed by atoms with E-state index in [-0.39, 0.29) is 49.7 Å². The van der Waals surface area contributed by atoms with Gasteiger partial charge in [0.15, 0.2) is 0 Å². The number of hydrogen-bond acceptors (Lipinski definition) is 7. The summed E-state index contributed by atoms with van der Waals surface area (Å²) < 4.78 is 43.6. The van der Waals surface area contributed by atoms with E-state index >= 15 is 0 Å². The molecule has 1 unspecified atom stereocenters. The minimum absolute atomic E-state index is 0. The van der Waals surface area contributed by atoms with E-state index in [1.54, 1.807) is 11.3 Å². The predicted molar refractivity (Wildman–Crippen MR) is 123 cm³/mol. The molecule has 1 aliphatic carbocycles. The molecular weight excluding hydrogens is 514 g/mol. The van der Waals surface area contributed by atoms with Gasteiger partial charge in [-0.05, 0) is 32.8 Å². The maximum atomic E-state index is 12.7. The minimum Gasteiger partial charge on any atom is -0.477 e. The lowest BCUT2D eigenvalue weighted by atomic mass is 9.86. The van der Waals surface area contributed by atoms with Gasteiger partial charge in [0.2, 0.25) is 5.88 Å². The summed E-state index contributed by atoms with van der Waals surface area (Å²) >= 11 is 1.60. The number of aromatic nitrogens is 2. The van der Waals surface area contributed by atoms with Crippen LogP contribution in [0.15, 0.2) is 18.3 Å². The Morgan fingerprint density at radius 1 is 1.16 bits per heavy atom. The molecule has 1 aliphatic rings. The molecule has 0 amide bonds. The smallest absolute Gasteiger partial charge is 0.417 e. The number of nitrogens with zero attached hydrogens (tertiary/aromatic N) is 2. The number of halogens is 6. The van der Waals surface area contributed by atoms with E-state index in [4.69, 9.17) is 4.74 Å². The van der Waals surface area contributed by atoms with Crippen LogP contribution in [0.25, 0.3) is 0 Å². The van der Waals surface area contributed by atoms with Gasteiger partial charge in [-0.3, -0.25) is 0 Å². The standard InChI is InChI=1S/C19H24F3N3O3S.3ClH/c1-11-16(29-12(2)25-11)8-23-9-18(5-14(26)15(27)6-18)10-28-17-4-3-13(7-24-17)19(20,21)22;;;/h3-4,7,14-15,23,26-27H,5-6,8-10H2,1-2H3;3*1H/t14-,15+,18?;;;. The minimum atomic E-state index is -4.45. The highest BCUT2D eigenvalue weighted by atomic mass is 35.5. The quantitative estimate of drug-likeness (QED) is 0.490. The van der Waals surface area contributed by atoms with Gasteiger partial charge < -0.3 is 20.3 Å². The van der Waals surface area contributed by atoms with Crippen LogP contribution >= 0.6 is 48.6 Å². The second-order valence-corrected chi connectivity index (χ2v) is 8.85. The molecule has 0 aliphatic heterocycles. The van der Waals surface area contributed by atoms with E-state index in [1.165, 1.54) is 6.07 Å². The van der Waals surface area contributed by atoms with Crippen molar-refractivity contribution in [2.75, 3.05) is 13.2 Å². The molecule has 184 valence electrons. The number of aliphatic hydroxyl groups excluding tert-OH is 2. The predicted octanol–water partition coefficient (Wildman–Crippen LogP) is 4.11. The number of alkyl halides is 3. The maximum Gasteiger partial charge on any atom is 0.417 e. The van der Waals surface area contributed by atoms with Gasteiger partial charge in [0.1, 0.15) is 0 Å². The Morgan fingerprint density at radius 3 is 2.25 bits per heavy atom. The van der Waals surface area contributed by atoms with Gasteiger partial charge in [-0.15, -0.1) is 48.6 Å². The Morgan fingerprint density at radius 2 is 1.78 bits per heavy atom. The van der Waals surface area contributed by atoms with Crippen LogP contribution in [0.2, 0.25) is 0 Å². The number of thiazole rings is 1. The monoisotopic (exact) mass is 539 g/mol. The average Bonchev–Trinajstić information content (AvgIpc) is 3.11. The van der Waals surface area contributed by atoms with Crippen LogP contribution in [-0.4, -0.2) is 45.5 Å². The molecule has 1 saturated carbocycles. The highest BCUT2D eigenvalue weighted by molar-refractivity contribution is 7.11. The van der Waals surface area contributed by atoms with E-state index in [0.29, 0.717) is 25.9 Å². The van der Waals surface area contributed by atoms with Crippen LogP contribution in [0.1, 0.15) is 34.0 Å². The molecule has 0 aromatic carbocycles. The van der Waals surface area contributed by atoms with Crippen molar-refractivity contribution in [3.05, 3.63) is 39.5 Å². The second-order valence-electron chi connectivity index (χ2n) is 7.56. The number of aryl methyl sites for hydroxylation is 2. The largest absolute Gasteiger partial charge is 0.477 e. The van der Waals surface area contributed by atoms with Crippen LogP contribution < -0.4 is 10.1 Å². The molecule has 32 heavy (non-hydrogen) atoms. The number of nitrogens with one attached hydrogen (secondary N) is 1. The normalized spacial score (nSPS) is 22.5. The third-order valence-corrected chi connectivity index (χ3v) is 6.18. The van der Waals surface area contributed by atoms with Crippen LogP contribution in [-0.2, 0) is 12.7 Å². The Labute approximate surface area is 207 Å². The van der Waals surface area contributed by atoms with Gasteiger partial charge in [-0.1, -0.05) is 0 Å². The first kappa shape index (κ1) is 31.1. The number of aliphatic hydroxyl groups is 2. The zero-order chi connectivity index (χ0) is 21.2. The lowest BCUT2D eigenvalue weighted by Gasteiger charge is -2.29. The topological polar surface area (TPSA) is 87.5 Å². The Kier molecular flexibility index (Phi) is 12.2. The molecule has 3 atom stereocenters. The SMILES string of the molecule is Cc1nc(C)c(CNCC2(COc3ccc(C(F)(F)F)cn3)C[C@@H](O)[C@@H](O)C2)s1.Cl.Cl.Cl. The third kappa shape index (κ3) is 7.86. The van der Waals surface area contributed by atoms with Crippen molar-refractivity contribution in [2.24, 2.45) is 5.41 Å². The van der Waals surface area contributed by atoms with E-state index in [1.807, 2.05) is 13.8 Å². The summed E-state index contributed by atoms with van der Waals surface area (Å²) in [5.74, 6) is 0.0715. The molecule has 2 aromatic rings. The van der Waals surface area contributed by atoms with Gasteiger partial charge in [0.25, 0.3) is 0 Å². The lowest BCUT2D eigenvalue weighted by Crippen LogP contribution is -2.38. The lowest BCUT2D eigenvalue weighted by molar-refractivity contribution is -0.137. The molecule has 2 heterocycles. The summed E-state index contributed by atoms with van der Waals surface area (Å²) in [4.78, 5) is 9.23. The fourth-order valence-electron chi connectivity index (χ4n) is 3.60. The Balaban J connectivity index is 0.00000320. The summed E-state index contributed by atoms with van der Waals surface area (Å²) in [7, 11) is 0. The first-order chi connectivity index (χ1) is 13.6. The Hall–Kier alpha value is -0.880. The van der Waals surface area contributed by atoms with Crippen molar-refractivity contribution in [3.8, 4) is 5.88 Å². The molecule has 0 saturated heterocycles. The van der Waals surface area contributed by atoms with E-state index in [2.05, 4.69) is 15.3 Å². The van der Waals surface area contributed by atoms with Crippen molar-refractivity contribution in [1.29, 1.82) is 0 Å². The molecule has 6 nitrogen and oxygen atoms in total. The average molecular weight is 541 g/mol. The molecule has 13 heteroatoms. The molecule has 3 rings (SSSR count). The van der Waals surface area contributed by atoms with E-state index in [9.17, 15) is 23.4 Å². The molecule has 0 radical (unpaired) electrons. The third-order valence-electron chi connectivity index (χ3n) is 5.10. The van der Waals surface area contributed by atoms with Gasteiger partial charge in [-0.2, -0.15) is 13.2 Å². The highest BCUT2D eigenvalue weighted by Crippen LogP contribution is 2.39. The molecule has 2 aromatic heterocycles. The molecule has 1 fully saturated rings. The zero-order valence-corrected chi connectivity index (χ0v) is 20.7. The van der Waals surface area contributed by atoms with Crippen molar-refractivity contribution < 1.29 is 28.1 Å². The van der Waals surface area contributed by atoms with Crippen molar-refractivity contribution >= 4 is 48.6 Å². The molecular formula is C19H27Cl3F3N3O3S. The summed E-state index contributed by atoms with van der Waals surface area (Å²) in [5, 5.41) is 24.4. The fraction of sp³-hybridized carbons (Fsp3) is 0.579. The first-order valence-electron chi connectivity index (χ1n) is 9.24. The molecule has 0 bridgehead atoms. The zero-order valence-electron chi connectivity index (χ0n) is 17.4. The molecule has 0 spiro atoms. The van der Waals surface area contributed by atoms with Gasteiger partial charge in [0.05, 0.1) is 35.1 Å². The number of rotatable bonds is 7. The number of pyridine rings is 1. The van der Waals surface area contributed by atoms with Crippen LogP contribution in [0.3, 0.4) is 0 Å². The van der Waals surface area contributed by atoms with Crippen molar-refractivity contribution in [3.63, 3.8) is 0 Å². The van der Waals surface area contributed by atoms with E-state index in [0.717, 1.165) is 27.8 Å². The maximum absolute atomic E-state index is 12.7. The van der Waals surface area contributed by atoms with Crippen LogP contribution in [0.5, 0.6) is 5.88 Å². The van der Waals surface area contributed by atoms with Crippen LogP contribution in [0, 0.1) is 19.3 Å². The fourth-order valence-corrected chi connectivity index (χ4v) is 4.50. The Bertz CT molecular complexity index is 831. The highest BCUT2D eigenvalue weighted by Gasteiger charge is 2.44. The summed E-state index contributed by atoms with van der Waals surface area (Å²) in [6, 6.07) is 2.09. The second kappa shape index (κ2) is 12.5. The van der Waals surface area contributed by atoms with Gasteiger partial charge >= 0.3 is 6.18 Å². The summed E-state index contributed by atoms with van der Waals surface area (Å²) in [6.07, 6.45) is -4.82. The number of ether oxygens (including phenoxy) is 1. The number of hydrogen-bond donors (Lipinski definition) is 3. The van der Waals surface area contributed by atoms with Crippen molar-refractivity contribution in [2.45, 2.75) is 51.6 Å². The molecule has 3 N–H and O–H groups in total. The summed E-state index contributed by atoms with van der Waals surface area (Å²) in [5.41, 5.74) is -0.439. The van der Waals surface area contributed by atoms with E-state index < -0.39 is 29.4 Å². The first-order valence-corrected chi connectivity index (χ1v) is 10.1. The van der Waals surface area contributed by atoms with Crippen molar-refractivity contribution in [1.82, 2.24) is 15.3 Å². The van der Waals surface area contributed by atoms with Gasteiger partial charge in [0, 0.05) is 35.6 Å². The van der Waals surface area contributed by atoms with Crippen LogP contribution in [0.4, 0.5) is 13.2 Å².